The number of hydrogen-bond donors (Lipinski definition) is 1. The summed E-state index contributed by atoms with van der Waals surface area (Å²) in [6.45, 7) is 3.99. The number of rotatable bonds is 10. The first-order chi connectivity index (χ1) is 20.0. The summed E-state index contributed by atoms with van der Waals surface area (Å²) in [5.41, 5.74) is 2.15. The number of amides is 1. The van der Waals surface area contributed by atoms with E-state index in [1.54, 1.807) is 48.5 Å². The Morgan fingerprint density at radius 1 is 1.07 bits per heavy atom. The van der Waals surface area contributed by atoms with Crippen molar-refractivity contribution in [2.45, 2.75) is 16.1 Å². The number of furan rings is 1. The maximum atomic E-state index is 13.8. The molecule has 1 atom stereocenters. The lowest BCUT2D eigenvalue weighted by Gasteiger charge is -2.24. The van der Waals surface area contributed by atoms with Crippen LogP contribution in [-0.4, -0.2) is 33.6 Å². The maximum absolute atomic E-state index is 13.8. The SMILES string of the molecule is C=CCOc1ccc([C@@H]2C(C(=O)c3cc4ccccc4o3)=C(O)C(=O)N2c2nnc(SCc3ccccc3)s2)cc1. The van der Waals surface area contributed by atoms with Crippen LogP contribution in [0.15, 0.2) is 118 Å². The predicted octanol–water partition coefficient (Wildman–Crippen LogP) is 6.92. The van der Waals surface area contributed by atoms with Crippen LogP contribution >= 0.6 is 23.1 Å². The Kier molecular flexibility index (Phi) is 7.41. The van der Waals surface area contributed by atoms with Gasteiger partial charge in [-0.15, -0.1) is 10.2 Å². The van der Waals surface area contributed by atoms with Crippen LogP contribution in [0.25, 0.3) is 11.0 Å². The highest BCUT2D eigenvalue weighted by Gasteiger charge is 2.46. The quantitative estimate of drug-likeness (QED) is 0.0820. The van der Waals surface area contributed by atoms with Gasteiger partial charge < -0.3 is 14.3 Å². The van der Waals surface area contributed by atoms with Gasteiger partial charge >= 0.3 is 0 Å². The molecule has 0 saturated heterocycles. The predicted molar refractivity (Wildman–Crippen MR) is 158 cm³/mol. The standard InChI is InChI=1S/C31H23N3O5S2/c1-2-16-38-22-14-12-20(13-15-22)26-25(27(35)24-17-21-10-6-7-11-23(21)39-24)28(36)29(37)34(26)30-32-33-31(41-30)40-18-19-8-4-3-5-9-19/h2-15,17,26,36H,1,16,18H2/t26-/m1/s1. The number of ketones is 1. The third-order valence-corrected chi connectivity index (χ3v) is 8.60. The third-order valence-electron chi connectivity index (χ3n) is 6.47. The summed E-state index contributed by atoms with van der Waals surface area (Å²) in [5, 5.41) is 20.6. The van der Waals surface area contributed by atoms with E-state index >= 15 is 0 Å². The van der Waals surface area contributed by atoms with E-state index in [2.05, 4.69) is 16.8 Å². The lowest BCUT2D eigenvalue weighted by molar-refractivity contribution is -0.117. The van der Waals surface area contributed by atoms with Crippen molar-refractivity contribution in [1.29, 1.82) is 0 Å². The molecule has 0 aliphatic carbocycles. The molecule has 0 fully saturated rings. The monoisotopic (exact) mass is 581 g/mol. The molecule has 204 valence electrons. The third kappa shape index (κ3) is 5.27. The molecule has 3 aromatic carbocycles. The van der Waals surface area contributed by atoms with Gasteiger partial charge in [-0.25, -0.2) is 0 Å². The molecule has 10 heteroatoms. The van der Waals surface area contributed by atoms with Gasteiger partial charge in [0.15, 0.2) is 15.9 Å². The van der Waals surface area contributed by atoms with Crippen molar-refractivity contribution >= 4 is 50.9 Å². The number of aliphatic hydroxyl groups excluding tert-OH is 1. The minimum atomic E-state index is -0.961. The Labute approximate surface area is 243 Å². The highest BCUT2D eigenvalue weighted by atomic mass is 32.2. The molecule has 3 heterocycles. The number of fused-ring (bicyclic) bond motifs is 1. The lowest BCUT2D eigenvalue weighted by atomic mass is 9.95. The van der Waals surface area contributed by atoms with Gasteiger partial charge in [-0.05, 0) is 35.4 Å². The normalized spacial score (nSPS) is 15.1. The smallest absolute Gasteiger partial charge is 0.296 e. The number of ether oxygens (including phenoxy) is 1. The Bertz CT molecular complexity index is 1740. The molecule has 41 heavy (non-hydrogen) atoms. The molecular weight excluding hydrogens is 558 g/mol. The number of carbonyl (C=O) groups excluding carboxylic acids is 2. The van der Waals surface area contributed by atoms with E-state index < -0.39 is 23.5 Å². The molecular formula is C31H23N3O5S2. The number of para-hydroxylation sites is 1. The molecule has 1 aliphatic heterocycles. The molecule has 0 bridgehead atoms. The first-order valence-corrected chi connectivity index (χ1v) is 14.5. The Hall–Kier alpha value is -4.67. The summed E-state index contributed by atoms with van der Waals surface area (Å²) in [7, 11) is 0. The largest absolute Gasteiger partial charge is 0.503 e. The number of carbonyl (C=O) groups is 2. The van der Waals surface area contributed by atoms with Gasteiger partial charge in [0.2, 0.25) is 10.9 Å². The van der Waals surface area contributed by atoms with Gasteiger partial charge in [0.25, 0.3) is 5.91 Å². The molecule has 0 spiro atoms. The van der Waals surface area contributed by atoms with Gasteiger partial charge in [0.1, 0.15) is 17.9 Å². The lowest BCUT2D eigenvalue weighted by Crippen LogP contribution is -2.31. The average Bonchev–Trinajstić information content (AvgIpc) is 3.72. The van der Waals surface area contributed by atoms with E-state index in [-0.39, 0.29) is 16.5 Å². The average molecular weight is 582 g/mol. The number of nitrogens with zero attached hydrogens (tertiary/aromatic N) is 3. The van der Waals surface area contributed by atoms with Crippen molar-refractivity contribution in [3.05, 3.63) is 126 Å². The fourth-order valence-electron chi connectivity index (χ4n) is 4.56. The number of thioether (sulfide) groups is 1. The van der Waals surface area contributed by atoms with Crippen molar-refractivity contribution in [3.63, 3.8) is 0 Å². The summed E-state index contributed by atoms with van der Waals surface area (Å²) in [5.74, 6) is -0.681. The Morgan fingerprint density at radius 3 is 2.59 bits per heavy atom. The van der Waals surface area contributed by atoms with Crippen LogP contribution in [0.1, 0.15) is 27.7 Å². The Morgan fingerprint density at radius 2 is 1.83 bits per heavy atom. The van der Waals surface area contributed by atoms with Gasteiger partial charge in [-0.3, -0.25) is 14.5 Å². The zero-order valence-electron chi connectivity index (χ0n) is 21.6. The highest BCUT2D eigenvalue weighted by molar-refractivity contribution is 8.00. The van der Waals surface area contributed by atoms with Crippen LogP contribution in [0, 0.1) is 0 Å². The number of aromatic nitrogens is 2. The van der Waals surface area contributed by atoms with E-state index in [1.807, 2.05) is 42.5 Å². The molecule has 2 aromatic heterocycles. The summed E-state index contributed by atoms with van der Waals surface area (Å²) in [6.07, 6.45) is 1.64. The maximum Gasteiger partial charge on any atom is 0.296 e. The molecule has 0 radical (unpaired) electrons. The minimum Gasteiger partial charge on any atom is -0.503 e. The second kappa shape index (κ2) is 11.4. The Balaban J connectivity index is 1.36. The van der Waals surface area contributed by atoms with Crippen LogP contribution in [0.4, 0.5) is 5.13 Å². The van der Waals surface area contributed by atoms with E-state index in [4.69, 9.17) is 9.15 Å². The first-order valence-electron chi connectivity index (χ1n) is 12.7. The second-order valence-electron chi connectivity index (χ2n) is 9.11. The minimum absolute atomic E-state index is 0.0229. The zero-order valence-corrected chi connectivity index (χ0v) is 23.2. The summed E-state index contributed by atoms with van der Waals surface area (Å²) in [4.78, 5) is 28.7. The number of hydrogen-bond acceptors (Lipinski definition) is 9. The summed E-state index contributed by atoms with van der Waals surface area (Å²) in [6, 6.07) is 24.8. The summed E-state index contributed by atoms with van der Waals surface area (Å²) >= 11 is 2.71. The van der Waals surface area contributed by atoms with Crippen LogP contribution in [0.2, 0.25) is 0 Å². The highest BCUT2D eigenvalue weighted by Crippen LogP contribution is 2.44. The number of aliphatic hydroxyl groups is 1. The van der Waals surface area contributed by atoms with Gasteiger partial charge in [-0.2, -0.15) is 0 Å². The van der Waals surface area contributed by atoms with E-state index in [0.717, 1.165) is 10.9 Å². The fourth-order valence-corrected chi connectivity index (χ4v) is 6.38. The van der Waals surface area contributed by atoms with Crippen molar-refractivity contribution in [2.75, 3.05) is 11.5 Å². The second-order valence-corrected chi connectivity index (χ2v) is 11.3. The molecule has 6 rings (SSSR count). The van der Waals surface area contributed by atoms with Crippen LogP contribution in [0.5, 0.6) is 5.75 Å². The zero-order chi connectivity index (χ0) is 28.3. The molecule has 1 N–H and O–H groups in total. The van der Waals surface area contributed by atoms with Gasteiger partial charge in [0, 0.05) is 11.1 Å². The molecule has 1 amide bonds. The number of Topliss-reactive ketones (excluding diaryl/α,β-unsaturated/α-hetero) is 1. The van der Waals surface area contributed by atoms with E-state index in [1.165, 1.54) is 28.0 Å². The molecule has 0 saturated carbocycles. The van der Waals surface area contributed by atoms with Gasteiger partial charge in [-0.1, -0.05) is 96.4 Å². The molecule has 5 aromatic rings. The molecule has 1 aliphatic rings. The fraction of sp³-hybridized carbons (Fsp3) is 0.0968. The van der Waals surface area contributed by atoms with E-state index in [0.29, 0.717) is 33.6 Å². The number of benzene rings is 3. The van der Waals surface area contributed by atoms with Crippen molar-refractivity contribution in [1.82, 2.24) is 10.2 Å². The topological polar surface area (TPSA) is 106 Å². The number of anilines is 1. The summed E-state index contributed by atoms with van der Waals surface area (Å²) < 4.78 is 12.1. The van der Waals surface area contributed by atoms with Crippen molar-refractivity contribution in [2.24, 2.45) is 0 Å². The van der Waals surface area contributed by atoms with Gasteiger partial charge in [0.05, 0.1) is 11.6 Å². The van der Waals surface area contributed by atoms with Crippen LogP contribution in [-0.2, 0) is 10.5 Å². The van der Waals surface area contributed by atoms with Crippen LogP contribution < -0.4 is 9.64 Å². The molecule has 8 nitrogen and oxygen atoms in total. The van der Waals surface area contributed by atoms with Crippen LogP contribution in [0.3, 0.4) is 0 Å². The molecule has 0 unspecified atom stereocenters. The van der Waals surface area contributed by atoms with Crippen molar-refractivity contribution in [3.8, 4) is 5.75 Å². The first kappa shape index (κ1) is 26.5. The van der Waals surface area contributed by atoms with Crippen molar-refractivity contribution < 1.29 is 23.8 Å². The van der Waals surface area contributed by atoms with E-state index in [9.17, 15) is 14.7 Å².